The molecule has 0 saturated heterocycles. The van der Waals surface area contributed by atoms with E-state index in [4.69, 9.17) is 4.74 Å². The highest BCUT2D eigenvalue weighted by Gasteiger charge is 2.13. The van der Waals surface area contributed by atoms with Gasteiger partial charge in [0.15, 0.2) is 5.78 Å². The number of nitrogens with zero attached hydrogens (tertiary/aromatic N) is 1. The number of hydrogen-bond acceptors (Lipinski definition) is 4. The van der Waals surface area contributed by atoms with E-state index >= 15 is 0 Å². The Morgan fingerprint density at radius 2 is 1.88 bits per heavy atom. The van der Waals surface area contributed by atoms with E-state index in [1.165, 1.54) is 0 Å². The summed E-state index contributed by atoms with van der Waals surface area (Å²) >= 11 is 0. The normalized spacial score (nSPS) is 11.6. The van der Waals surface area contributed by atoms with Gasteiger partial charge in [-0.3, -0.25) is 14.6 Å². The van der Waals surface area contributed by atoms with Gasteiger partial charge in [-0.15, -0.1) is 0 Å². The van der Waals surface area contributed by atoms with Gasteiger partial charge in [0.05, 0.1) is 18.3 Å². The van der Waals surface area contributed by atoms with Gasteiger partial charge < -0.3 is 10.1 Å². The summed E-state index contributed by atoms with van der Waals surface area (Å²) in [7, 11) is 0. The summed E-state index contributed by atoms with van der Waals surface area (Å²) in [5.74, 6) is 0.516. The molecule has 0 fully saturated rings. The van der Waals surface area contributed by atoms with Crippen molar-refractivity contribution < 1.29 is 14.3 Å². The lowest BCUT2D eigenvalue weighted by Gasteiger charge is -2.13. The molecule has 0 aliphatic carbocycles. The second-order valence-corrected chi connectivity index (χ2v) is 5.42. The number of Topliss-reactive ketones (excluding diaryl/α,β-unsaturated/α-hetero) is 1. The number of carbonyl (C=O) groups excluding carboxylic acids is 2. The molecule has 0 spiro atoms. The van der Waals surface area contributed by atoms with Gasteiger partial charge in [0.2, 0.25) is 5.91 Å². The van der Waals surface area contributed by atoms with E-state index < -0.39 is 0 Å². The Bertz CT molecular complexity index is 669. The average molecular weight is 326 g/mol. The van der Waals surface area contributed by atoms with Crippen LogP contribution in [0.15, 0.2) is 48.7 Å². The number of aromatic nitrogens is 1. The lowest BCUT2D eigenvalue weighted by atomic mass is 10.1. The van der Waals surface area contributed by atoms with E-state index in [-0.39, 0.29) is 30.6 Å². The van der Waals surface area contributed by atoms with Gasteiger partial charge in [-0.05, 0) is 50.2 Å². The average Bonchev–Trinajstić information content (AvgIpc) is 2.61. The quantitative estimate of drug-likeness (QED) is 0.756. The molecule has 0 aliphatic heterocycles. The second-order valence-electron chi connectivity index (χ2n) is 5.42. The van der Waals surface area contributed by atoms with Crippen molar-refractivity contribution in [3.05, 3.63) is 59.9 Å². The van der Waals surface area contributed by atoms with Crippen LogP contribution >= 0.6 is 0 Å². The molecule has 5 nitrogen and oxygen atoms in total. The number of amides is 1. The van der Waals surface area contributed by atoms with Gasteiger partial charge in [0.25, 0.3) is 0 Å². The van der Waals surface area contributed by atoms with Crippen LogP contribution in [-0.4, -0.2) is 23.3 Å². The zero-order chi connectivity index (χ0) is 17.4. The smallest absolute Gasteiger partial charge is 0.220 e. The van der Waals surface area contributed by atoms with Crippen molar-refractivity contribution in [1.29, 1.82) is 0 Å². The van der Waals surface area contributed by atoms with Gasteiger partial charge in [-0.2, -0.15) is 0 Å². The first-order valence-electron chi connectivity index (χ1n) is 8.06. The number of pyridine rings is 1. The molecule has 0 aliphatic rings. The monoisotopic (exact) mass is 326 g/mol. The van der Waals surface area contributed by atoms with E-state index in [1.54, 1.807) is 30.5 Å². The van der Waals surface area contributed by atoms with Crippen molar-refractivity contribution in [3.8, 4) is 5.75 Å². The zero-order valence-electron chi connectivity index (χ0n) is 14.0. The van der Waals surface area contributed by atoms with Crippen LogP contribution in [0.2, 0.25) is 0 Å². The zero-order valence-corrected chi connectivity index (χ0v) is 14.0. The maximum atomic E-state index is 12.1. The summed E-state index contributed by atoms with van der Waals surface area (Å²) in [4.78, 5) is 28.3. The molecular formula is C19H22N2O3. The molecule has 1 amide bonds. The Hall–Kier alpha value is -2.69. The van der Waals surface area contributed by atoms with Gasteiger partial charge in [0.1, 0.15) is 5.75 Å². The number of hydrogen-bond donors (Lipinski definition) is 1. The Morgan fingerprint density at radius 1 is 1.12 bits per heavy atom. The van der Waals surface area contributed by atoms with E-state index in [0.717, 1.165) is 11.4 Å². The molecule has 1 aromatic heterocycles. The maximum Gasteiger partial charge on any atom is 0.220 e. The Kier molecular flexibility index (Phi) is 6.49. The Morgan fingerprint density at radius 3 is 2.50 bits per heavy atom. The molecule has 0 bridgehead atoms. The minimum atomic E-state index is -0.181. The number of ketones is 1. The third-order valence-electron chi connectivity index (χ3n) is 3.58. The third-order valence-corrected chi connectivity index (χ3v) is 3.58. The molecule has 24 heavy (non-hydrogen) atoms. The van der Waals surface area contributed by atoms with Crippen molar-refractivity contribution in [3.63, 3.8) is 0 Å². The topological polar surface area (TPSA) is 68.3 Å². The Balaban J connectivity index is 1.81. The lowest BCUT2D eigenvalue weighted by molar-refractivity contribution is -0.121. The first-order valence-corrected chi connectivity index (χ1v) is 8.06. The summed E-state index contributed by atoms with van der Waals surface area (Å²) < 4.78 is 5.34. The van der Waals surface area contributed by atoms with Gasteiger partial charge >= 0.3 is 0 Å². The second kappa shape index (κ2) is 8.82. The molecule has 5 heteroatoms. The van der Waals surface area contributed by atoms with Crippen molar-refractivity contribution in [2.24, 2.45) is 0 Å². The molecule has 1 unspecified atom stereocenters. The minimum Gasteiger partial charge on any atom is -0.494 e. The number of ether oxygens (including phenoxy) is 1. The van der Waals surface area contributed by atoms with Crippen molar-refractivity contribution in [2.45, 2.75) is 32.7 Å². The summed E-state index contributed by atoms with van der Waals surface area (Å²) in [6, 6.07) is 12.4. The van der Waals surface area contributed by atoms with Crippen molar-refractivity contribution in [1.82, 2.24) is 10.3 Å². The standard InChI is InChI=1S/C19H22N2O3/c1-3-24-16-9-7-15(8-10-16)18(22)11-12-19(23)21-14(2)17-6-4-5-13-20-17/h4-10,13-14H,3,11-12H2,1-2H3,(H,21,23). The van der Waals surface area contributed by atoms with Crippen LogP contribution in [0, 0.1) is 0 Å². The summed E-state index contributed by atoms with van der Waals surface area (Å²) in [5.41, 5.74) is 1.38. The third kappa shape index (κ3) is 5.19. The fourth-order valence-electron chi connectivity index (χ4n) is 2.29. The van der Waals surface area contributed by atoms with Crippen LogP contribution in [0.4, 0.5) is 0 Å². The highest BCUT2D eigenvalue weighted by atomic mass is 16.5. The molecule has 126 valence electrons. The highest BCUT2D eigenvalue weighted by Crippen LogP contribution is 2.14. The largest absolute Gasteiger partial charge is 0.494 e. The number of rotatable bonds is 8. The van der Waals surface area contributed by atoms with Crippen LogP contribution < -0.4 is 10.1 Å². The van der Waals surface area contributed by atoms with Crippen LogP contribution in [0.5, 0.6) is 5.75 Å². The number of benzene rings is 1. The first kappa shape index (κ1) is 17.7. The van der Waals surface area contributed by atoms with E-state index in [1.807, 2.05) is 32.0 Å². The van der Waals surface area contributed by atoms with Crippen LogP contribution in [0.3, 0.4) is 0 Å². The fourth-order valence-corrected chi connectivity index (χ4v) is 2.29. The number of carbonyl (C=O) groups is 2. The molecular weight excluding hydrogens is 304 g/mol. The van der Waals surface area contributed by atoms with Gasteiger partial charge in [-0.25, -0.2) is 0 Å². The van der Waals surface area contributed by atoms with Crippen molar-refractivity contribution in [2.75, 3.05) is 6.61 Å². The molecule has 0 saturated carbocycles. The van der Waals surface area contributed by atoms with Crippen molar-refractivity contribution >= 4 is 11.7 Å². The van der Waals surface area contributed by atoms with Gasteiger partial charge in [-0.1, -0.05) is 6.07 Å². The summed E-state index contributed by atoms with van der Waals surface area (Å²) in [6.45, 7) is 4.36. The predicted octanol–water partition coefficient (Wildman–Crippen LogP) is 3.32. The lowest BCUT2D eigenvalue weighted by Crippen LogP contribution is -2.27. The summed E-state index contributed by atoms with van der Waals surface area (Å²) in [6.07, 6.45) is 2.02. The van der Waals surface area contributed by atoms with Crippen LogP contribution in [0.1, 0.15) is 48.8 Å². The first-order chi connectivity index (χ1) is 11.6. The maximum absolute atomic E-state index is 12.1. The highest BCUT2D eigenvalue weighted by molar-refractivity contribution is 5.98. The molecule has 2 rings (SSSR count). The minimum absolute atomic E-state index is 0.0568. The van der Waals surface area contributed by atoms with Crippen LogP contribution in [-0.2, 0) is 4.79 Å². The molecule has 2 aromatic rings. The predicted molar refractivity (Wildman–Crippen MR) is 92.0 cm³/mol. The fraction of sp³-hybridized carbons (Fsp3) is 0.316. The van der Waals surface area contributed by atoms with E-state index in [9.17, 15) is 9.59 Å². The molecule has 0 radical (unpaired) electrons. The molecule has 1 atom stereocenters. The molecule has 1 heterocycles. The Labute approximate surface area is 142 Å². The van der Waals surface area contributed by atoms with E-state index in [0.29, 0.717) is 12.2 Å². The van der Waals surface area contributed by atoms with E-state index in [2.05, 4.69) is 10.3 Å². The van der Waals surface area contributed by atoms with Crippen LogP contribution in [0.25, 0.3) is 0 Å². The SMILES string of the molecule is CCOc1ccc(C(=O)CCC(=O)NC(C)c2ccccn2)cc1. The molecule has 1 aromatic carbocycles. The van der Waals surface area contributed by atoms with Gasteiger partial charge in [0, 0.05) is 24.6 Å². The number of nitrogens with one attached hydrogen (secondary N) is 1. The molecule has 1 N–H and O–H groups in total. The summed E-state index contributed by atoms with van der Waals surface area (Å²) in [5, 5.41) is 2.86.